The molecule has 0 aliphatic rings. The van der Waals surface area contributed by atoms with Gasteiger partial charge in [-0.2, -0.15) is 5.26 Å². The normalized spacial score (nSPS) is 11.1. The first-order chi connectivity index (χ1) is 13.9. The van der Waals surface area contributed by atoms with Crippen molar-refractivity contribution in [1.29, 1.82) is 5.26 Å². The second-order valence-electron chi connectivity index (χ2n) is 6.36. The number of nitrogens with zero attached hydrogens (tertiary/aromatic N) is 2. The van der Waals surface area contributed by atoms with Crippen LogP contribution in [0.1, 0.15) is 29.3 Å². The molecule has 1 unspecified atom stereocenters. The molecular formula is C22H23N3O4. The van der Waals surface area contributed by atoms with Crippen LogP contribution in [0, 0.1) is 18.3 Å². The summed E-state index contributed by atoms with van der Waals surface area (Å²) in [6, 6.07) is 17.9. The number of carbonyl (C=O) groups is 3. The summed E-state index contributed by atoms with van der Waals surface area (Å²) in [5.41, 5.74) is 1.87. The van der Waals surface area contributed by atoms with Crippen LogP contribution in [0.25, 0.3) is 0 Å². The summed E-state index contributed by atoms with van der Waals surface area (Å²) < 4.78 is 5.18. The lowest BCUT2D eigenvalue weighted by Gasteiger charge is -2.25. The minimum Gasteiger partial charge on any atom is -0.451 e. The van der Waals surface area contributed by atoms with Crippen molar-refractivity contribution in [2.45, 2.75) is 26.4 Å². The van der Waals surface area contributed by atoms with E-state index in [1.807, 2.05) is 18.2 Å². The van der Waals surface area contributed by atoms with Crippen LogP contribution in [0.4, 0.5) is 5.69 Å². The Bertz CT molecular complexity index is 906. The van der Waals surface area contributed by atoms with E-state index in [0.717, 1.165) is 5.56 Å². The fraction of sp³-hybridized carbons (Fsp3) is 0.273. The molecule has 0 aliphatic carbocycles. The van der Waals surface area contributed by atoms with Gasteiger partial charge >= 0.3 is 5.97 Å². The van der Waals surface area contributed by atoms with Crippen LogP contribution in [0.15, 0.2) is 54.6 Å². The number of rotatable bonds is 8. The number of hydrogen-bond donors (Lipinski definition) is 1. The summed E-state index contributed by atoms with van der Waals surface area (Å²) in [6.07, 6.45) is -0.912. The summed E-state index contributed by atoms with van der Waals surface area (Å²) >= 11 is 0. The van der Waals surface area contributed by atoms with Crippen LogP contribution in [0.3, 0.4) is 0 Å². The molecule has 7 heteroatoms. The summed E-state index contributed by atoms with van der Waals surface area (Å²) in [7, 11) is 0. The van der Waals surface area contributed by atoms with Gasteiger partial charge in [-0.05, 0) is 37.6 Å². The molecule has 0 spiro atoms. The van der Waals surface area contributed by atoms with Gasteiger partial charge in [0, 0.05) is 17.8 Å². The number of para-hydroxylation sites is 1. The Balaban J connectivity index is 1.94. The molecule has 1 atom stereocenters. The Morgan fingerprint density at radius 1 is 1.10 bits per heavy atom. The molecule has 2 rings (SSSR count). The zero-order chi connectivity index (χ0) is 21.2. The van der Waals surface area contributed by atoms with Crippen molar-refractivity contribution < 1.29 is 19.1 Å². The van der Waals surface area contributed by atoms with Gasteiger partial charge in [0.1, 0.15) is 6.54 Å². The van der Waals surface area contributed by atoms with Crippen LogP contribution >= 0.6 is 0 Å². The number of aryl methyl sites for hydroxylation is 1. The van der Waals surface area contributed by atoms with E-state index in [0.29, 0.717) is 11.3 Å². The van der Waals surface area contributed by atoms with Crippen molar-refractivity contribution in [2.75, 3.05) is 18.0 Å². The highest BCUT2D eigenvalue weighted by Crippen LogP contribution is 2.16. The molecule has 7 nitrogen and oxygen atoms in total. The number of esters is 1. The summed E-state index contributed by atoms with van der Waals surface area (Å²) in [4.78, 5) is 38.4. The predicted octanol–water partition coefficient (Wildman–Crippen LogP) is 2.60. The highest BCUT2D eigenvalue weighted by molar-refractivity contribution is 5.99. The molecule has 29 heavy (non-hydrogen) atoms. The molecule has 0 aliphatic heterocycles. The molecule has 2 amide bonds. The Morgan fingerprint density at radius 2 is 1.76 bits per heavy atom. The minimum absolute atomic E-state index is 0.147. The lowest BCUT2D eigenvalue weighted by atomic mass is 10.1. The van der Waals surface area contributed by atoms with E-state index in [-0.39, 0.29) is 25.4 Å². The highest BCUT2D eigenvalue weighted by atomic mass is 16.5. The number of hydrogen-bond acceptors (Lipinski definition) is 5. The van der Waals surface area contributed by atoms with E-state index < -0.39 is 18.0 Å². The maximum Gasteiger partial charge on any atom is 0.326 e. The van der Waals surface area contributed by atoms with E-state index in [1.165, 1.54) is 11.8 Å². The number of nitriles is 1. The van der Waals surface area contributed by atoms with E-state index in [9.17, 15) is 14.4 Å². The second kappa shape index (κ2) is 10.6. The monoisotopic (exact) mass is 393 g/mol. The molecule has 2 aromatic rings. The molecule has 0 fully saturated rings. The van der Waals surface area contributed by atoms with Crippen LogP contribution in [-0.2, 0) is 14.3 Å². The van der Waals surface area contributed by atoms with Gasteiger partial charge in [0.05, 0.1) is 12.5 Å². The zero-order valence-electron chi connectivity index (χ0n) is 16.4. The lowest BCUT2D eigenvalue weighted by molar-refractivity contribution is -0.152. The molecule has 1 N–H and O–H groups in total. The number of carbonyl (C=O) groups excluding carboxylic acids is 3. The molecule has 150 valence electrons. The van der Waals surface area contributed by atoms with Crippen LogP contribution < -0.4 is 10.2 Å². The Labute approximate surface area is 169 Å². The molecule has 0 aromatic heterocycles. The van der Waals surface area contributed by atoms with Gasteiger partial charge in [0.15, 0.2) is 6.10 Å². The third-order valence-corrected chi connectivity index (χ3v) is 4.22. The summed E-state index contributed by atoms with van der Waals surface area (Å²) in [5, 5.41) is 11.3. The van der Waals surface area contributed by atoms with Gasteiger partial charge in [-0.25, -0.2) is 0 Å². The second-order valence-corrected chi connectivity index (χ2v) is 6.36. The van der Waals surface area contributed by atoms with E-state index in [4.69, 9.17) is 10.00 Å². The van der Waals surface area contributed by atoms with Crippen molar-refractivity contribution >= 4 is 23.5 Å². The van der Waals surface area contributed by atoms with E-state index in [1.54, 1.807) is 49.4 Å². The van der Waals surface area contributed by atoms with Crippen molar-refractivity contribution in [1.82, 2.24) is 5.32 Å². The fourth-order valence-corrected chi connectivity index (χ4v) is 2.72. The summed E-state index contributed by atoms with van der Waals surface area (Å²) in [5.74, 6) is -1.55. The fourth-order valence-electron chi connectivity index (χ4n) is 2.72. The molecule has 2 aromatic carbocycles. The molecular weight excluding hydrogens is 370 g/mol. The zero-order valence-corrected chi connectivity index (χ0v) is 16.4. The topological polar surface area (TPSA) is 99.5 Å². The van der Waals surface area contributed by atoms with Crippen molar-refractivity contribution in [3.63, 3.8) is 0 Å². The van der Waals surface area contributed by atoms with Gasteiger partial charge in [0.2, 0.25) is 0 Å². The molecule has 0 heterocycles. The molecule has 0 saturated heterocycles. The van der Waals surface area contributed by atoms with Gasteiger partial charge < -0.3 is 15.0 Å². The number of amides is 2. The Morgan fingerprint density at radius 3 is 2.41 bits per heavy atom. The lowest BCUT2D eigenvalue weighted by Crippen LogP contribution is -2.42. The van der Waals surface area contributed by atoms with E-state index in [2.05, 4.69) is 5.32 Å². The quantitative estimate of drug-likeness (QED) is 0.695. The standard InChI is InChI=1S/C22H23N3O4/c1-16-9-6-7-12-19(16)21(27)24-15-20(26)29-17(2)22(28)25(14-8-13-23)18-10-4-3-5-11-18/h3-7,9-12,17H,8,14-15H2,1-2H3,(H,24,27). The third-order valence-electron chi connectivity index (χ3n) is 4.22. The van der Waals surface area contributed by atoms with Crippen LogP contribution in [-0.4, -0.2) is 37.0 Å². The van der Waals surface area contributed by atoms with Crippen molar-refractivity contribution in [2.24, 2.45) is 0 Å². The third kappa shape index (κ3) is 6.18. The first-order valence-electron chi connectivity index (χ1n) is 9.20. The van der Waals surface area contributed by atoms with Gasteiger partial charge in [-0.3, -0.25) is 14.4 Å². The van der Waals surface area contributed by atoms with Crippen LogP contribution in [0.2, 0.25) is 0 Å². The Kier molecular flexibility index (Phi) is 7.92. The molecule has 0 radical (unpaired) electrons. The average molecular weight is 393 g/mol. The largest absolute Gasteiger partial charge is 0.451 e. The maximum atomic E-state index is 12.7. The number of anilines is 1. The van der Waals surface area contributed by atoms with Crippen LogP contribution in [0.5, 0.6) is 0 Å². The number of ether oxygens (including phenoxy) is 1. The van der Waals surface area contributed by atoms with Crippen molar-refractivity contribution in [3.8, 4) is 6.07 Å². The SMILES string of the molecule is Cc1ccccc1C(=O)NCC(=O)OC(C)C(=O)N(CCC#N)c1ccccc1. The van der Waals surface area contributed by atoms with Gasteiger partial charge in [-0.15, -0.1) is 0 Å². The number of nitrogens with one attached hydrogen (secondary N) is 1. The summed E-state index contributed by atoms with van der Waals surface area (Å²) in [6.45, 7) is 3.10. The first kappa shape index (κ1) is 21.6. The highest BCUT2D eigenvalue weighted by Gasteiger charge is 2.25. The number of benzene rings is 2. The minimum atomic E-state index is -1.06. The predicted molar refractivity (Wildman–Crippen MR) is 108 cm³/mol. The first-order valence-corrected chi connectivity index (χ1v) is 9.20. The average Bonchev–Trinajstić information content (AvgIpc) is 2.73. The van der Waals surface area contributed by atoms with Gasteiger partial charge in [-0.1, -0.05) is 36.4 Å². The van der Waals surface area contributed by atoms with E-state index >= 15 is 0 Å². The maximum absolute atomic E-state index is 12.7. The molecule has 0 saturated carbocycles. The smallest absolute Gasteiger partial charge is 0.326 e. The van der Waals surface area contributed by atoms with Crippen molar-refractivity contribution in [3.05, 3.63) is 65.7 Å². The Hall–Kier alpha value is -3.66. The molecule has 0 bridgehead atoms. The van der Waals surface area contributed by atoms with Gasteiger partial charge in [0.25, 0.3) is 11.8 Å².